The third-order valence-corrected chi connectivity index (χ3v) is 2.86. The van der Waals surface area contributed by atoms with Gasteiger partial charge in [-0.3, -0.25) is 9.78 Å². The minimum Gasteiger partial charge on any atom is -0.393 e. The van der Waals surface area contributed by atoms with Gasteiger partial charge in [0.1, 0.15) is 18.5 Å². The molecule has 1 fully saturated rings. The van der Waals surface area contributed by atoms with Crippen LogP contribution in [0.5, 0.6) is 0 Å². The van der Waals surface area contributed by atoms with Gasteiger partial charge in [-0.15, -0.1) is 0 Å². The van der Waals surface area contributed by atoms with Gasteiger partial charge in [0.25, 0.3) is 5.56 Å². The molecule has 10 nitrogen and oxygen atoms in total. The second-order valence-corrected chi connectivity index (χ2v) is 4.14. The summed E-state index contributed by atoms with van der Waals surface area (Å²) in [5, 5.41) is 20.0. The number of β-amino-alcohol motifs (C(OH)–C–C–N with tert-alkyl or cyclic N) is 1. The highest BCUT2D eigenvalue weighted by Gasteiger charge is 2.33. The Morgan fingerprint density at radius 1 is 1.63 bits per heavy atom. The molecule has 1 saturated heterocycles. The highest BCUT2D eigenvalue weighted by Crippen LogP contribution is 2.16. The normalized spacial score (nSPS) is 23.4. The van der Waals surface area contributed by atoms with Gasteiger partial charge in [-0.25, -0.2) is 14.5 Å². The number of nitrogens with one attached hydrogen (secondary N) is 1. The molecule has 1 aliphatic heterocycles. The van der Waals surface area contributed by atoms with E-state index in [0.29, 0.717) is 0 Å². The first-order valence-corrected chi connectivity index (χ1v) is 5.56. The van der Waals surface area contributed by atoms with E-state index in [1.54, 1.807) is 0 Å². The molecule has 0 bridgehead atoms. The highest BCUT2D eigenvalue weighted by molar-refractivity contribution is 5.70. The molecular formula is C9H12N6O4. The number of aromatic nitrogens is 4. The van der Waals surface area contributed by atoms with Crippen LogP contribution < -0.4 is 16.5 Å². The molecule has 0 radical (unpaired) electrons. The summed E-state index contributed by atoms with van der Waals surface area (Å²) in [6.45, 7) is -0.203. The molecular weight excluding hydrogens is 256 g/mol. The van der Waals surface area contributed by atoms with Crippen molar-refractivity contribution in [2.45, 2.75) is 12.2 Å². The van der Waals surface area contributed by atoms with E-state index in [0.717, 1.165) is 0 Å². The summed E-state index contributed by atoms with van der Waals surface area (Å²) in [7, 11) is 0. The number of aliphatic hydroxyl groups is 2. The second kappa shape index (κ2) is 4.19. The molecule has 10 heteroatoms. The van der Waals surface area contributed by atoms with Crippen LogP contribution in [0.15, 0.2) is 11.1 Å². The third-order valence-electron chi connectivity index (χ3n) is 2.86. The highest BCUT2D eigenvalue weighted by atomic mass is 16.7. The first kappa shape index (κ1) is 11.9. The lowest BCUT2D eigenvalue weighted by Gasteiger charge is -2.17. The van der Waals surface area contributed by atoms with E-state index in [-0.39, 0.29) is 30.3 Å². The minimum atomic E-state index is -0.846. The van der Waals surface area contributed by atoms with Crippen LogP contribution in [-0.4, -0.2) is 55.2 Å². The molecule has 0 aromatic carbocycles. The average Bonchev–Trinajstić information content (AvgIpc) is 2.92. The van der Waals surface area contributed by atoms with Crippen molar-refractivity contribution in [1.82, 2.24) is 19.6 Å². The molecule has 19 heavy (non-hydrogen) atoms. The van der Waals surface area contributed by atoms with Crippen molar-refractivity contribution < 1.29 is 15.1 Å². The zero-order valence-electron chi connectivity index (χ0n) is 9.72. The second-order valence-electron chi connectivity index (χ2n) is 4.14. The van der Waals surface area contributed by atoms with Gasteiger partial charge in [0, 0.05) is 0 Å². The molecule has 2 atom stereocenters. The number of H-pyrrole nitrogens is 1. The molecule has 0 amide bonds. The van der Waals surface area contributed by atoms with Crippen LogP contribution in [0.1, 0.15) is 0 Å². The Hall–Kier alpha value is -2.17. The van der Waals surface area contributed by atoms with Crippen molar-refractivity contribution >= 4 is 17.1 Å². The van der Waals surface area contributed by atoms with Crippen LogP contribution in [-0.2, 0) is 4.84 Å². The standard InChI is InChI=1S/C9H12N6O4/c10-9-12-7-6(8(18)13-9)11-3-14(7)15-1-4(17)5(2-16)19-15/h3-5,16-17H,1-2H2,(H3,10,12,13,18)/t4-,5+/m0/s1. The lowest BCUT2D eigenvalue weighted by Crippen LogP contribution is -2.31. The van der Waals surface area contributed by atoms with E-state index in [1.165, 1.54) is 16.2 Å². The van der Waals surface area contributed by atoms with E-state index < -0.39 is 17.8 Å². The van der Waals surface area contributed by atoms with Crippen molar-refractivity contribution in [3.8, 4) is 0 Å². The summed E-state index contributed by atoms with van der Waals surface area (Å²) in [6.07, 6.45) is -0.239. The number of hydrogen-bond donors (Lipinski definition) is 4. The molecule has 0 aliphatic carbocycles. The van der Waals surface area contributed by atoms with Crippen molar-refractivity contribution in [3.05, 3.63) is 16.7 Å². The van der Waals surface area contributed by atoms with Gasteiger partial charge in [-0.2, -0.15) is 10.2 Å². The van der Waals surface area contributed by atoms with E-state index in [2.05, 4.69) is 15.0 Å². The molecule has 2 aromatic heterocycles. The number of hydrogen-bond acceptors (Lipinski definition) is 8. The minimum absolute atomic E-state index is 0.0438. The quantitative estimate of drug-likeness (QED) is 0.461. The first-order valence-electron chi connectivity index (χ1n) is 5.56. The zero-order chi connectivity index (χ0) is 13.6. The van der Waals surface area contributed by atoms with Crippen molar-refractivity contribution in [1.29, 1.82) is 0 Å². The topological polar surface area (TPSA) is 143 Å². The predicted molar refractivity (Wildman–Crippen MR) is 63.6 cm³/mol. The van der Waals surface area contributed by atoms with Crippen molar-refractivity contribution in [3.63, 3.8) is 0 Å². The number of imidazole rings is 1. The summed E-state index contributed by atoms with van der Waals surface area (Å²) in [4.78, 5) is 27.2. The number of fused-ring (bicyclic) bond motifs is 1. The maximum Gasteiger partial charge on any atom is 0.280 e. The number of anilines is 1. The lowest BCUT2D eigenvalue weighted by atomic mass is 10.2. The van der Waals surface area contributed by atoms with Crippen LogP contribution >= 0.6 is 0 Å². The molecule has 0 saturated carbocycles. The summed E-state index contributed by atoms with van der Waals surface area (Å²) >= 11 is 0. The molecule has 1 aliphatic rings. The van der Waals surface area contributed by atoms with Crippen LogP contribution in [0.25, 0.3) is 11.2 Å². The van der Waals surface area contributed by atoms with E-state index in [1.807, 2.05) is 0 Å². The first-order chi connectivity index (χ1) is 9.10. The third kappa shape index (κ3) is 1.82. The van der Waals surface area contributed by atoms with Gasteiger partial charge in [-0.05, 0) is 0 Å². The monoisotopic (exact) mass is 268 g/mol. The zero-order valence-corrected chi connectivity index (χ0v) is 9.72. The molecule has 5 N–H and O–H groups in total. The molecule has 102 valence electrons. The van der Waals surface area contributed by atoms with Crippen molar-refractivity contribution in [2.24, 2.45) is 0 Å². The van der Waals surface area contributed by atoms with Gasteiger partial charge in [-0.1, -0.05) is 0 Å². The van der Waals surface area contributed by atoms with E-state index >= 15 is 0 Å². The largest absolute Gasteiger partial charge is 0.393 e. The Balaban J connectivity index is 2.05. The van der Waals surface area contributed by atoms with Gasteiger partial charge >= 0.3 is 0 Å². The Morgan fingerprint density at radius 3 is 3.11 bits per heavy atom. The lowest BCUT2D eigenvalue weighted by molar-refractivity contribution is -0.0213. The summed E-state index contributed by atoms with van der Waals surface area (Å²) in [6, 6.07) is 0. The fourth-order valence-corrected chi connectivity index (χ4v) is 1.92. The molecule has 0 unspecified atom stereocenters. The summed E-state index contributed by atoms with van der Waals surface area (Å²) < 4.78 is 1.36. The Bertz CT molecular complexity index is 666. The number of aliphatic hydroxyl groups excluding tert-OH is 2. The molecule has 3 heterocycles. The Labute approximate surface area is 106 Å². The van der Waals surface area contributed by atoms with Crippen LogP contribution in [0.4, 0.5) is 5.95 Å². The maximum atomic E-state index is 11.6. The molecule has 2 aromatic rings. The van der Waals surface area contributed by atoms with Crippen molar-refractivity contribution in [2.75, 3.05) is 24.1 Å². The van der Waals surface area contributed by atoms with Gasteiger partial charge in [0.05, 0.1) is 13.2 Å². The van der Waals surface area contributed by atoms with E-state index in [4.69, 9.17) is 15.7 Å². The number of nitrogen functional groups attached to an aromatic ring is 1. The van der Waals surface area contributed by atoms with Crippen LogP contribution in [0.3, 0.4) is 0 Å². The maximum absolute atomic E-state index is 11.6. The fourth-order valence-electron chi connectivity index (χ4n) is 1.92. The fraction of sp³-hybridized carbons (Fsp3) is 0.444. The molecule has 3 rings (SSSR count). The number of aromatic amines is 1. The summed E-state index contributed by atoms with van der Waals surface area (Å²) in [5.74, 6) is -0.0438. The number of nitrogens with zero attached hydrogens (tertiary/aromatic N) is 4. The smallest absolute Gasteiger partial charge is 0.280 e. The van der Waals surface area contributed by atoms with Gasteiger partial charge in [0.2, 0.25) is 5.95 Å². The van der Waals surface area contributed by atoms with Crippen LogP contribution in [0, 0.1) is 0 Å². The Kier molecular flexibility index (Phi) is 2.62. The average molecular weight is 268 g/mol. The number of nitrogens with two attached hydrogens (primary N) is 1. The van der Waals surface area contributed by atoms with Crippen LogP contribution in [0.2, 0.25) is 0 Å². The van der Waals surface area contributed by atoms with Gasteiger partial charge in [0.15, 0.2) is 11.2 Å². The summed E-state index contributed by atoms with van der Waals surface area (Å²) in [5.41, 5.74) is 5.34. The predicted octanol–water partition coefficient (Wildman–Crippen LogP) is -2.69. The van der Waals surface area contributed by atoms with E-state index in [9.17, 15) is 9.90 Å². The Morgan fingerprint density at radius 2 is 2.42 bits per heavy atom. The number of hydroxylamine groups is 1. The number of rotatable bonds is 2. The molecule has 0 spiro atoms. The SMILES string of the molecule is Nc1nc2c(ncn2N2C[C@H](O)[C@@H](CO)O2)c(=O)[nH]1. The van der Waals surface area contributed by atoms with Gasteiger partial charge < -0.3 is 15.9 Å².